The molecule has 7 aromatic rings. The molecule has 0 unspecified atom stereocenters. The van der Waals surface area contributed by atoms with Crippen LogP contribution in [0.3, 0.4) is 0 Å². The van der Waals surface area contributed by atoms with Crippen LogP contribution in [0.4, 0.5) is 0 Å². The molecule has 0 fully saturated rings. The van der Waals surface area contributed by atoms with Gasteiger partial charge in [0, 0.05) is 49.7 Å². The Morgan fingerprint density at radius 3 is 2.58 bits per heavy atom. The topological polar surface area (TPSA) is 102 Å². The average Bonchev–Trinajstić information content (AvgIpc) is 3.70. The molecule has 7 rings (SSSR count). The van der Waals surface area contributed by atoms with Crippen LogP contribution in [0.5, 0.6) is 0 Å². The number of fused-ring (bicyclic) bond motifs is 2. The normalized spacial score (nSPS) is 11.6. The zero-order chi connectivity index (χ0) is 27.1. The molecule has 2 aromatic carbocycles. The minimum absolute atomic E-state index is 0.695. The Labute approximate surface area is 230 Å². The van der Waals surface area contributed by atoms with Crippen molar-refractivity contribution in [3.05, 3.63) is 109 Å². The first-order valence-corrected chi connectivity index (χ1v) is 13.1. The van der Waals surface area contributed by atoms with E-state index in [0.717, 1.165) is 68.8 Å². The fraction of sp³-hybridized carbons (Fsp3) is 0.129. The van der Waals surface area contributed by atoms with Gasteiger partial charge in [-0.2, -0.15) is 5.10 Å². The average molecular weight is 526 g/mol. The summed E-state index contributed by atoms with van der Waals surface area (Å²) >= 11 is 0. The Bertz CT molecular complexity index is 1960. The van der Waals surface area contributed by atoms with Crippen LogP contribution in [-0.2, 0) is 20.1 Å². The van der Waals surface area contributed by atoms with Gasteiger partial charge in [-0.1, -0.05) is 36.4 Å². The maximum absolute atomic E-state index is 4.97. The van der Waals surface area contributed by atoms with E-state index >= 15 is 0 Å². The van der Waals surface area contributed by atoms with Crippen molar-refractivity contribution >= 4 is 21.9 Å². The van der Waals surface area contributed by atoms with Gasteiger partial charge in [-0.25, -0.2) is 9.97 Å². The van der Waals surface area contributed by atoms with Gasteiger partial charge in [0.05, 0.1) is 41.1 Å². The van der Waals surface area contributed by atoms with Gasteiger partial charge in [0.25, 0.3) is 0 Å². The smallest absolute Gasteiger partial charge is 0.159 e. The van der Waals surface area contributed by atoms with E-state index in [1.165, 1.54) is 5.56 Å². The number of aromatic nitrogens is 8. The van der Waals surface area contributed by atoms with Crippen molar-refractivity contribution in [2.75, 3.05) is 0 Å². The molecule has 0 amide bonds. The molecule has 0 saturated heterocycles. The van der Waals surface area contributed by atoms with Crippen molar-refractivity contribution in [3.63, 3.8) is 0 Å². The van der Waals surface area contributed by atoms with E-state index < -0.39 is 0 Å². The first-order valence-electron chi connectivity index (χ1n) is 13.1. The molecule has 0 bridgehead atoms. The lowest BCUT2D eigenvalue weighted by Gasteiger charge is -2.08. The van der Waals surface area contributed by atoms with E-state index in [9.17, 15) is 0 Å². The number of pyridine rings is 2. The van der Waals surface area contributed by atoms with Crippen LogP contribution in [-0.4, -0.2) is 39.3 Å². The predicted octanol–water partition coefficient (Wildman–Crippen LogP) is 5.36. The lowest BCUT2D eigenvalue weighted by molar-refractivity contribution is 0.691. The van der Waals surface area contributed by atoms with Crippen molar-refractivity contribution in [1.82, 2.24) is 44.6 Å². The summed E-state index contributed by atoms with van der Waals surface area (Å²) in [4.78, 5) is 21.7. The Morgan fingerprint density at radius 2 is 1.73 bits per heavy atom. The number of hydrogen-bond donors (Lipinski definition) is 2. The Hall–Kier alpha value is -5.15. The highest BCUT2D eigenvalue weighted by Gasteiger charge is 2.18. The van der Waals surface area contributed by atoms with Crippen LogP contribution >= 0.6 is 0 Å². The molecule has 0 aliphatic carbocycles. The Kier molecular flexibility index (Phi) is 5.90. The summed E-state index contributed by atoms with van der Waals surface area (Å²) in [7, 11) is 1.95. The molecule has 9 nitrogen and oxygen atoms in total. The Balaban J connectivity index is 1.22. The van der Waals surface area contributed by atoms with Crippen LogP contribution in [0.1, 0.15) is 16.8 Å². The number of rotatable bonds is 7. The molecule has 5 heterocycles. The summed E-state index contributed by atoms with van der Waals surface area (Å²) in [5.41, 5.74) is 9.79. The largest absolute Gasteiger partial charge is 0.335 e. The summed E-state index contributed by atoms with van der Waals surface area (Å²) < 4.78 is 3.83. The summed E-state index contributed by atoms with van der Waals surface area (Å²) in [6.07, 6.45) is 11.2. The van der Waals surface area contributed by atoms with Gasteiger partial charge in [0.1, 0.15) is 11.2 Å². The first kappa shape index (κ1) is 23.9. The monoisotopic (exact) mass is 525 g/mol. The summed E-state index contributed by atoms with van der Waals surface area (Å²) in [5, 5.41) is 9.37. The van der Waals surface area contributed by atoms with Crippen molar-refractivity contribution < 1.29 is 0 Å². The molecular formula is C31H27N9. The molecular weight excluding hydrogens is 498 g/mol. The van der Waals surface area contributed by atoms with Gasteiger partial charge in [-0.3, -0.25) is 14.6 Å². The summed E-state index contributed by atoms with van der Waals surface area (Å²) in [5.74, 6) is 0.695. The van der Waals surface area contributed by atoms with E-state index in [1.54, 1.807) is 18.7 Å². The quantitative estimate of drug-likeness (QED) is 0.291. The molecule has 9 heteroatoms. The van der Waals surface area contributed by atoms with Crippen LogP contribution in [0, 0.1) is 6.92 Å². The SMILES string of the molecule is Cc1cn(-c2cncc3[nH]c(-c4nn(C)c5ccc(-c6cncc(CNCc7ccccc7)c6)cc45)nc23)cn1. The fourth-order valence-corrected chi connectivity index (χ4v) is 5.08. The van der Waals surface area contributed by atoms with Crippen LogP contribution in [0.25, 0.3) is 50.3 Å². The molecule has 5 aromatic heterocycles. The minimum atomic E-state index is 0.695. The van der Waals surface area contributed by atoms with E-state index in [4.69, 9.17) is 10.1 Å². The maximum Gasteiger partial charge on any atom is 0.159 e. The molecule has 0 atom stereocenters. The molecule has 0 aliphatic heterocycles. The zero-order valence-electron chi connectivity index (χ0n) is 22.2. The number of imidazole rings is 2. The van der Waals surface area contributed by atoms with Gasteiger partial charge in [0.2, 0.25) is 0 Å². The maximum atomic E-state index is 4.97. The zero-order valence-corrected chi connectivity index (χ0v) is 22.2. The second-order valence-electron chi connectivity index (χ2n) is 9.94. The van der Waals surface area contributed by atoms with Crippen LogP contribution in [0.15, 0.2) is 91.9 Å². The number of nitrogens with zero attached hydrogens (tertiary/aromatic N) is 7. The van der Waals surface area contributed by atoms with Crippen molar-refractivity contribution in [3.8, 4) is 28.3 Å². The van der Waals surface area contributed by atoms with E-state index in [-0.39, 0.29) is 0 Å². The molecule has 2 N–H and O–H groups in total. The lowest BCUT2D eigenvalue weighted by atomic mass is 10.0. The number of aromatic amines is 1. The highest BCUT2D eigenvalue weighted by Crippen LogP contribution is 2.32. The number of hydrogen-bond acceptors (Lipinski definition) is 6. The number of aryl methyl sites for hydroxylation is 2. The molecule has 0 aliphatic rings. The number of H-pyrrole nitrogens is 1. The second-order valence-corrected chi connectivity index (χ2v) is 9.94. The van der Waals surface area contributed by atoms with Gasteiger partial charge < -0.3 is 14.9 Å². The van der Waals surface area contributed by atoms with Crippen molar-refractivity contribution in [1.29, 1.82) is 0 Å². The summed E-state index contributed by atoms with van der Waals surface area (Å²) in [6, 6.07) is 19.0. The standard InChI is InChI=1S/C31H27N9/c1-20-18-40(19-35-20)28-17-34-16-26-30(28)37-31(36-26)29-25-11-23(8-9-27(25)39(2)38-29)24-10-22(14-33-15-24)13-32-12-21-6-4-3-5-7-21/h3-11,14-19,32H,12-13H2,1-2H3,(H,36,37). The van der Waals surface area contributed by atoms with Crippen LogP contribution in [0.2, 0.25) is 0 Å². The lowest BCUT2D eigenvalue weighted by Crippen LogP contribution is -2.12. The highest BCUT2D eigenvalue weighted by atomic mass is 15.3. The van der Waals surface area contributed by atoms with Gasteiger partial charge in [-0.05, 0) is 41.8 Å². The molecule has 40 heavy (non-hydrogen) atoms. The third-order valence-corrected chi connectivity index (χ3v) is 7.07. The van der Waals surface area contributed by atoms with Gasteiger partial charge in [-0.15, -0.1) is 0 Å². The minimum Gasteiger partial charge on any atom is -0.335 e. The predicted molar refractivity (Wildman–Crippen MR) is 156 cm³/mol. The molecule has 196 valence electrons. The van der Waals surface area contributed by atoms with E-state index in [0.29, 0.717) is 5.82 Å². The third-order valence-electron chi connectivity index (χ3n) is 7.07. The fourth-order valence-electron chi connectivity index (χ4n) is 5.08. The van der Waals surface area contributed by atoms with Gasteiger partial charge in [0.15, 0.2) is 5.82 Å². The van der Waals surface area contributed by atoms with Crippen molar-refractivity contribution in [2.24, 2.45) is 7.05 Å². The number of nitrogens with one attached hydrogen (secondary N) is 2. The second kappa shape index (κ2) is 9.87. The van der Waals surface area contributed by atoms with Crippen molar-refractivity contribution in [2.45, 2.75) is 20.0 Å². The number of benzene rings is 2. The van der Waals surface area contributed by atoms with Gasteiger partial charge >= 0.3 is 0 Å². The van der Waals surface area contributed by atoms with E-state index in [2.05, 4.69) is 73.8 Å². The summed E-state index contributed by atoms with van der Waals surface area (Å²) in [6.45, 7) is 3.51. The Morgan fingerprint density at radius 1 is 0.875 bits per heavy atom. The molecule has 0 spiro atoms. The molecule has 0 saturated carbocycles. The third kappa shape index (κ3) is 4.42. The van der Waals surface area contributed by atoms with Crippen LogP contribution < -0.4 is 5.32 Å². The molecule has 0 radical (unpaired) electrons. The van der Waals surface area contributed by atoms with E-state index in [1.807, 2.05) is 47.9 Å². The highest BCUT2D eigenvalue weighted by molar-refractivity contribution is 5.96. The first-order chi connectivity index (χ1) is 19.6.